The molecule has 0 radical (unpaired) electrons. The maximum absolute atomic E-state index is 9.13. The molecule has 0 aliphatic rings. The van der Waals surface area contributed by atoms with E-state index < -0.39 is 0 Å². The molecule has 18 heavy (non-hydrogen) atoms. The van der Waals surface area contributed by atoms with Crippen molar-refractivity contribution in [2.45, 2.75) is 20.0 Å². The molecular formula is C14H15NOS2. The molecule has 0 saturated carbocycles. The summed E-state index contributed by atoms with van der Waals surface area (Å²) in [6.45, 7) is 3.91. The molecule has 0 spiro atoms. The first-order valence-electron chi connectivity index (χ1n) is 5.45. The number of hydrogen-bond donors (Lipinski definition) is 0. The number of ether oxygens (including phenoxy) is 1. The molecule has 4 heteroatoms. The van der Waals surface area contributed by atoms with Crippen molar-refractivity contribution in [2.24, 2.45) is 0 Å². The zero-order valence-electron chi connectivity index (χ0n) is 10.3. The Labute approximate surface area is 118 Å². The van der Waals surface area contributed by atoms with Crippen molar-refractivity contribution in [1.29, 1.82) is 5.26 Å². The number of thiophene rings is 1. The molecule has 2 nitrogen and oxygen atoms in total. The van der Waals surface area contributed by atoms with Gasteiger partial charge >= 0.3 is 0 Å². The van der Waals surface area contributed by atoms with Crippen molar-refractivity contribution in [3.63, 3.8) is 0 Å². The molecule has 0 atom stereocenters. The molecule has 2 rings (SSSR count). The third-order valence-corrected chi connectivity index (χ3v) is 3.19. The van der Waals surface area contributed by atoms with Crippen molar-refractivity contribution < 1.29 is 4.74 Å². The third-order valence-electron chi connectivity index (χ3n) is 2.27. The Balaban J connectivity index is 0.00000162. The normalized spacial score (nSPS) is 9.67. The molecule has 0 fully saturated rings. The van der Waals surface area contributed by atoms with Gasteiger partial charge in [0.1, 0.15) is 11.8 Å². The first kappa shape index (κ1) is 14.6. The average molecular weight is 277 g/mol. The number of benzene rings is 1. The molecule has 0 aliphatic heterocycles. The van der Waals surface area contributed by atoms with Crippen molar-refractivity contribution in [2.75, 3.05) is 0 Å². The van der Waals surface area contributed by atoms with E-state index in [9.17, 15) is 0 Å². The van der Waals surface area contributed by atoms with Gasteiger partial charge in [-0.2, -0.15) is 18.8 Å². The zero-order chi connectivity index (χ0) is 12.3. The molecule has 0 bridgehead atoms. The van der Waals surface area contributed by atoms with Crippen LogP contribution in [0.2, 0.25) is 0 Å². The van der Waals surface area contributed by atoms with Crippen LogP contribution in [-0.4, -0.2) is 6.10 Å². The van der Waals surface area contributed by atoms with Gasteiger partial charge < -0.3 is 4.74 Å². The van der Waals surface area contributed by atoms with E-state index in [0.717, 1.165) is 10.4 Å². The Morgan fingerprint density at radius 3 is 2.61 bits per heavy atom. The summed E-state index contributed by atoms with van der Waals surface area (Å²) in [5.41, 5.74) is 1.65. The van der Waals surface area contributed by atoms with Gasteiger partial charge in [0.2, 0.25) is 0 Å². The summed E-state index contributed by atoms with van der Waals surface area (Å²) in [4.78, 5) is 1.16. The lowest BCUT2D eigenvalue weighted by Crippen LogP contribution is -2.06. The molecule has 94 valence electrons. The van der Waals surface area contributed by atoms with Gasteiger partial charge in [-0.15, -0.1) is 11.3 Å². The van der Waals surface area contributed by atoms with Crippen LogP contribution in [0.15, 0.2) is 35.7 Å². The van der Waals surface area contributed by atoms with E-state index in [1.807, 2.05) is 49.6 Å². The van der Waals surface area contributed by atoms with Gasteiger partial charge in [0.05, 0.1) is 11.7 Å². The number of rotatable bonds is 3. The van der Waals surface area contributed by atoms with Crippen molar-refractivity contribution >= 4 is 24.8 Å². The van der Waals surface area contributed by atoms with E-state index in [0.29, 0.717) is 11.3 Å². The number of hydrogen-bond acceptors (Lipinski definition) is 3. The second kappa shape index (κ2) is 6.48. The minimum Gasteiger partial charge on any atom is -0.490 e. The summed E-state index contributed by atoms with van der Waals surface area (Å²) in [5.74, 6) is 0.655. The van der Waals surface area contributed by atoms with Gasteiger partial charge in [0, 0.05) is 4.88 Å². The van der Waals surface area contributed by atoms with Gasteiger partial charge in [-0.3, -0.25) is 0 Å². The van der Waals surface area contributed by atoms with E-state index in [1.165, 1.54) is 0 Å². The number of nitrogens with zero attached hydrogens (tertiary/aromatic N) is 1. The van der Waals surface area contributed by atoms with Gasteiger partial charge in [-0.25, -0.2) is 0 Å². The molecule has 0 saturated heterocycles. The van der Waals surface area contributed by atoms with Crippen LogP contribution in [-0.2, 0) is 0 Å². The molecule has 0 unspecified atom stereocenters. The fraction of sp³-hybridized carbons (Fsp3) is 0.214. The van der Waals surface area contributed by atoms with E-state index in [2.05, 4.69) is 6.07 Å². The highest BCUT2D eigenvalue weighted by molar-refractivity contribution is 7.59. The standard InChI is InChI=1S/C14H13NOS.H2S/c1-10(2)16-13-6-5-11(8-12(13)9-15)14-4-3-7-17-14;/h3-8,10H,1-2H3;1H2. The summed E-state index contributed by atoms with van der Waals surface area (Å²) in [5, 5.41) is 11.2. The van der Waals surface area contributed by atoms with Gasteiger partial charge in [-0.1, -0.05) is 6.07 Å². The van der Waals surface area contributed by atoms with Crippen molar-refractivity contribution in [1.82, 2.24) is 0 Å². The van der Waals surface area contributed by atoms with Crippen LogP contribution in [0, 0.1) is 11.3 Å². The fourth-order valence-corrected chi connectivity index (χ4v) is 2.29. The lowest BCUT2D eigenvalue weighted by Gasteiger charge is -2.11. The molecule has 0 N–H and O–H groups in total. The molecule has 2 aromatic rings. The van der Waals surface area contributed by atoms with Gasteiger partial charge in [0.15, 0.2) is 0 Å². The molecule has 0 amide bonds. The van der Waals surface area contributed by atoms with Crippen LogP contribution in [0.25, 0.3) is 10.4 Å². The monoisotopic (exact) mass is 277 g/mol. The van der Waals surface area contributed by atoms with Crippen LogP contribution < -0.4 is 4.74 Å². The topological polar surface area (TPSA) is 33.0 Å². The zero-order valence-corrected chi connectivity index (χ0v) is 12.1. The molecular weight excluding hydrogens is 262 g/mol. The SMILES string of the molecule is CC(C)Oc1ccc(-c2cccs2)cc1C#N.S. The summed E-state index contributed by atoms with van der Waals surface area (Å²) >= 11 is 1.66. The number of nitriles is 1. The predicted octanol–water partition coefficient (Wildman–Crippen LogP) is 4.19. The second-order valence-corrected chi connectivity index (χ2v) is 4.91. The van der Waals surface area contributed by atoms with Crippen LogP contribution in [0.4, 0.5) is 0 Å². The third kappa shape index (κ3) is 3.28. The first-order chi connectivity index (χ1) is 8.20. The Kier molecular flexibility index (Phi) is 5.26. The van der Waals surface area contributed by atoms with E-state index in [-0.39, 0.29) is 19.6 Å². The quantitative estimate of drug-likeness (QED) is 0.843. The average Bonchev–Trinajstić information content (AvgIpc) is 2.82. The molecule has 1 aromatic heterocycles. The smallest absolute Gasteiger partial charge is 0.137 e. The first-order valence-corrected chi connectivity index (χ1v) is 6.33. The van der Waals surface area contributed by atoms with E-state index >= 15 is 0 Å². The maximum atomic E-state index is 9.13. The highest BCUT2D eigenvalue weighted by Gasteiger charge is 2.08. The summed E-state index contributed by atoms with van der Waals surface area (Å²) < 4.78 is 5.59. The Morgan fingerprint density at radius 2 is 2.06 bits per heavy atom. The largest absolute Gasteiger partial charge is 0.490 e. The Bertz CT molecular complexity index is 541. The molecule has 1 aromatic carbocycles. The fourth-order valence-electron chi connectivity index (χ4n) is 1.57. The van der Waals surface area contributed by atoms with Gasteiger partial charge in [0.25, 0.3) is 0 Å². The highest BCUT2D eigenvalue weighted by atomic mass is 32.1. The van der Waals surface area contributed by atoms with Crippen LogP contribution in [0.5, 0.6) is 5.75 Å². The second-order valence-electron chi connectivity index (χ2n) is 3.97. The predicted molar refractivity (Wildman–Crippen MR) is 80.6 cm³/mol. The van der Waals surface area contributed by atoms with Gasteiger partial charge in [-0.05, 0) is 49.1 Å². The highest BCUT2D eigenvalue weighted by Crippen LogP contribution is 2.29. The maximum Gasteiger partial charge on any atom is 0.137 e. The summed E-state index contributed by atoms with van der Waals surface area (Å²) in [7, 11) is 0. The summed E-state index contributed by atoms with van der Waals surface area (Å²) in [6.07, 6.45) is 0.0784. The Morgan fingerprint density at radius 1 is 1.28 bits per heavy atom. The minimum atomic E-state index is 0. The van der Waals surface area contributed by atoms with Crippen LogP contribution in [0.3, 0.4) is 0 Å². The van der Waals surface area contributed by atoms with E-state index in [1.54, 1.807) is 11.3 Å². The minimum absolute atomic E-state index is 0. The Hall–Kier alpha value is -1.44. The van der Waals surface area contributed by atoms with Crippen LogP contribution >= 0.6 is 24.8 Å². The van der Waals surface area contributed by atoms with Crippen molar-refractivity contribution in [3.8, 4) is 22.3 Å². The lowest BCUT2D eigenvalue weighted by molar-refractivity contribution is 0.242. The van der Waals surface area contributed by atoms with E-state index in [4.69, 9.17) is 10.00 Å². The van der Waals surface area contributed by atoms with Crippen molar-refractivity contribution in [3.05, 3.63) is 41.3 Å². The molecule has 1 heterocycles. The van der Waals surface area contributed by atoms with Crippen LogP contribution in [0.1, 0.15) is 19.4 Å². The lowest BCUT2D eigenvalue weighted by atomic mass is 10.1. The summed E-state index contributed by atoms with van der Waals surface area (Å²) in [6, 6.07) is 12.0. The molecule has 0 aliphatic carbocycles.